The van der Waals surface area contributed by atoms with Crippen LogP contribution in [0.1, 0.15) is 6.42 Å². The van der Waals surface area contributed by atoms with E-state index in [-0.39, 0.29) is 24.8 Å². The molecule has 0 atom stereocenters. The Bertz CT molecular complexity index is 481. The van der Waals surface area contributed by atoms with E-state index in [1.165, 1.54) is 0 Å². The summed E-state index contributed by atoms with van der Waals surface area (Å²) in [6, 6.07) is 3.91. The average Bonchev–Trinajstić information content (AvgIpc) is 2.63. The van der Waals surface area contributed by atoms with Crippen molar-refractivity contribution in [1.29, 1.82) is 0 Å². The fourth-order valence-corrected chi connectivity index (χ4v) is 2.19. The van der Waals surface area contributed by atoms with Gasteiger partial charge in [-0.2, -0.15) is 0 Å². The lowest BCUT2D eigenvalue weighted by atomic mass is 10.3. The second-order valence-corrected chi connectivity index (χ2v) is 4.06. The maximum atomic E-state index is 5.40. The Kier molecular flexibility index (Phi) is 5.72. The fourth-order valence-electron chi connectivity index (χ4n) is 2.19. The van der Waals surface area contributed by atoms with Crippen molar-refractivity contribution in [2.24, 2.45) is 0 Å². The molecule has 0 aromatic carbocycles. The molecule has 0 saturated carbocycles. The van der Waals surface area contributed by atoms with Crippen molar-refractivity contribution in [3.63, 3.8) is 0 Å². The molecule has 4 nitrogen and oxygen atoms in total. The number of anilines is 1. The molecule has 0 amide bonds. The van der Waals surface area contributed by atoms with Crippen LogP contribution in [0.25, 0.3) is 11.0 Å². The summed E-state index contributed by atoms with van der Waals surface area (Å²) in [5.74, 6) is 1.05. The summed E-state index contributed by atoms with van der Waals surface area (Å²) in [4.78, 5) is 6.81. The Balaban J connectivity index is 0.000000810. The van der Waals surface area contributed by atoms with Gasteiger partial charge in [0.05, 0.1) is 11.6 Å². The number of fused-ring (bicyclic) bond motifs is 1. The van der Waals surface area contributed by atoms with E-state index in [0.717, 1.165) is 49.4 Å². The number of hydrogen-bond donors (Lipinski definition) is 1. The van der Waals surface area contributed by atoms with Crippen molar-refractivity contribution in [3.05, 3.63) is 24.6 Å². The molecule has 100 valence electrons. The molecule has 2 aromatic rings. The van der Waals surface area contributed by atoms with Gasteiger partial charge in [0, 0.05) is 25.8 Å². The fraction of sp³-hybridized carbons (Fsp3) is 0.417. The highest BCUT2D eigenvalue weighted by Gasteiger charge is 2.14. The third kappa shape index (κ3) is 2.88. The highest BCUT2D eigenvalue weighted by atomic mass is 35.5. The molecule has 0 unspecified atom stereocenters. The summed E-state index contributed by atoms with van der Waals surface area (Å²) < 4.78 is 5.40. The molecule has 0 radical (unpaired) electrons. The van der Waals surface area contributed by atoms with Crippen molar-refractivity contribution in [3.8, 4) is 0 Å². The highest BCUT2D eigenvalue weighted by molar-refractivity contribution is 5.88. The zero-order valence-corrected chi connectivity index (χ0v) is 11.6. The van der Waals surface area contributed by atoms with Crippen LogP contribution in [0.15, 0.2) is 29.0 Å². The van der Waals surface area contributed by atoms with Crippen LogP contribution in [0.3, 0.4) is 0 Å². The Hall–Kier alpha value is -0.970. The molecule has 1 saturated heterocycles. The van der Waals surface area contributed by atoms with E-state index in [4.69, 9.17) is 4.42 Å². The van der Waals surface area contributed by atoms with Crippen LogP contribution in [-0.2, 0) is 0 Å². The van der Waals surface area contributed by atoms with E-state index in [2.05, 4.69) is 15.2 Å². The smallest absolute Gasteiger partial charge is 0.139 e. The predicted octanol–water partition coefficient (Wildman–Crippen LogP) is 2.47. The molecule has 0 aliphatic carbocycles. The zero-order chi connectivity index (χ0) is 10.8. The number of rotatable bonds is 1. The van der Waals surface area contributed by atoms with Gasteiger partial charge in [-0.25, -0.2) is 4.98 Å². The molecule has 3 heterocycles. The van der Waals surface area contributed by atoms with Gasteiger partial charge in [-0.1, -0.05) is 0 Å². The first kappa shape index (κ1) is 15.1. The van der Waals surface area contributed by atoms with E-state index in [1.807, 2.05) is 18.3 Å². The summed E-state index contributed by atoms with van der Waals surface area (Å²) in [5, 5.41) is 4.51. The second-order valence-electron chi connectivity index (χ2n) is 4.06. The molecule has 0 bridgehead atoms. The van der Waals surface area contributed by atoms with Gasteiger partial charge in [0.2, 0.25) is 0 Å². The number of nitrogens with one attached hydrogen (secondary N) is 1. The van der Waals surface area contributed by atoms with E-state index in [9.17, 15) is 0 Å². The van der Waals surface area contributed by atoms with Crippen molar-refractivity contribution < 1.29 is 4.42 Å². The lowest BCUT2D eigenvalue weighted by molar-refractivity contribution is 0.615. The number of hydrogen-bond acceptors (Lipinski definition) is 4. The van der Waals surface area contributed by atoms with Crippen LogP contribution in [0, 0.1) is 0 Å². The molecule has 2 aromatic heterocycles. The quantitative estimate of drug-likeness (QED) is 0.876. The first-order valence-electron chi connectivity index (χ1n) is 5.73. The molecule has 0 spiro atoms. The van der Waals surface area contributed by atoms with Gasteiger partial charge in [0.1, 0.15) is 11.4 Å². The summed E-state index contributed by atoms with van der Waals surface area (Å²) in [5.41, 5.74) is 0.919. The topological polar surface area (TPSA) is 41.3 Å². The largest absolute Gasteiger partial charge is 0.464 e. The van der Waals surface area contributed by atoms with Gasteiger partial charge in [0.25, 0.3) is 0 Å². The second kappa shape index (κ2) is 6.83. The van der Waals surface area contributed by atoms with Crippen molar-refractivity contribution in [1.82, 2.24) is 10.3 Å². The normalized spacial score (nSPS) is 15.7. The SMILES string of the molecule is Cl.Cl.c1cc2occc2c(N2CCCNCC2)n1. The lowest BCUT2D eigenvalue weighted by Crippen LogP contribution is -2.28. The predicted molar refractivity (Wildman–Crippen MR) is 78.2 cm³/mol. The van der Waals surface area contributed by atoms with Gasteiger partial charge in [-0.3, -0.25) is 0 Å². The molecule has 18 heavy (non-hydrogen) atoms. The molecular weight excluding hydrogens is 273 g/mol. The van der Waals surface area contributed by atoms with Crippen molar-refractivity contribution in [2.75, 3.05) is 31.1 Å². The third-order valence-electron chi connectivity index (χ3n) is 3.00. The zero-order valence-electron chi connectivity index (χ0n) is 9.96. The van der Waals surface area contributed by atoms with Crippen molar-refractivity contribution in [2.45, 2.75) is 6.42 Å². The standard InChI is InChI=1S/C12H15N3O.2ClH/c1-4-13-6-8-15(7-1)12-10-3-9-16-11(10)2-5-14-12;;/h2-3,5,9,13H,1,4,6-8H2;2*1H. The van der Waals surface area contributed by atoms with Crippen LogP contribution in [0.5, 0.6) is 0 Å². The summed E-state index contributed by atoms with van der Waals surface area (Å²) in [6.45, 7) is 4.19. The van der Waals surface area contributed by atoms with E-state index in [0.29, 0.717) is 0 Å². The minimum Gasteiger partial charge on any atom is -0.464 e. The van der Waals surface area contributed by atoms with Crippen LogP contribution < -0.4 is 10.2 Å². The van der Waals surface area contributed by atoms with Gasteiger partial charge < -0.3 is 14.6 Å². The number of aromatic nitrogens is 1. The van der Waals surface area contributed by atoms with Crippen LogP contribution in [0.4, 0.5) is 5.82 Å². The number of pyridine rings is 1. The Morgan fingerprint density at radius 2 is 2.06 bits per heavy atom. The maximum absolute atomic E-state index is 5.40. The van der Waals surface area contributed by atoms with E-state index in [1.54, 1.807) is 6.26 Å². The first-order chi connectivity index (χ1) is 7.95. The van der Waals surface area contributed by atoms with E-state index < -0.39 is 0 Å². The minimum atomic E-state index is 0. The molecule has 1 aliphatic heterocycles. The lowest BCUT2D eigenvalue weighted by Gasteiger charge is -2.21. The monoisotopic (exact) mass is 289 g/mol. The van der Waals surface area contributed by atoms with Crippen LogP contribution in [0.2, 0.25) is 0 Å². The van der Waals surface area contributed by atoms with Gasteiger partial charge in [0.15, 0.2) is 0 Å². The molecule has 1 N–H and O–H groups in total. The Morgan fingerprint density at radius 3 is 2.94 bits per heavy atom. The molecule has 6 heteroatoms. The minimum absolute atomic E-state index is 0. The molecular formula is C12H17Cl2N3O. The van der Waals surface area contributed by atoms with E-state index >= 15 is 0 Å². The molecule has 1 fully saturated rings. The number of nitrogens with zero attached hydrogens (tertiary/aromatic N) is 2. The molecule has 1 aliphatic rings. The number of halogens is 2. The first-order valence-corrected chi connectivity index (χ1v) is 5.73. The van der Waals surface area contributed by atoms with Crippen molar-refractivity contribution >= 4 is 41.6 Å². The highest BCUT2D eigenvalue weighted by Crippen LogP contribution is 2.25. The van der Waals surface area contributed by atoms with Crippen LogP contribution in [-0.4, -0.2) is 31.2 Å². The Labute approximate surface area is 119 Å². The van der Waals surface area contributed by atoms with Gasteiger partial charge in [-0.15, -0.1) is 24.8 Å². The Morgan fingerprint density at radius 1 is 1.17 bits per heavy atom. The number of furan rings is 1. The summed E-state index contributed by atoms with van der Waals surface area (Å²) >= 11 is 0. The third-order valence-corrected chi connectivity index (χ3v) is 3.00. The maximum Gasteiger partial charge on any atom is 0.139 e. The van der Waals surface area contributed by atoms with Gasteiger partial charge >= 0.3 is 0 Å². The van der Waals surface area contributed by atoms with Crippen LogP contribution >= 0.6 is 24.8 Å². The molecule has 3 rings (SSSR count). The van der Waals surface area contributed by atoms with Gasteiger partial charge in [-0.05, 0) is 25.1 Å². The average molecular weight is 290 g/mol. The summed E-state index contributed by atoms with van der Waals surface area (Å²) in [6.07, 6.45) is 4.71. The summed E-state index contributed by atoms with van der Waals surface area (Å²) in [7, 11) is 0.